The van der Waals surface area contributed by atoms with Crippen LogP contribution in [0.25, 0.3) is 10.2 Å². The van der Waals surface area contributed by atoms with Crippen molar-refractivity contribution in [3.63, 3.8) is 0 Å². The van der Waals surface area contributed by atoms with E-state index in [-0.39, 0.29) is 29.1 Å². The number of amides is 3. The molecule has 2 saturated heterocycles. The van der Waals surface area contributed by atoms with Gasteiger partial charge in [0.1, 0.15) is 5.56 Å². The Bertz CT molecular complexity index is 1440. The number of methoxy groups -OCH3 is 1. The molecule has 2 aliphatic rings. The highest BCUT2D eigenvalue weighted by molar-refractivity contribution is 7.18. The normalized spacial score (nSPS) is 23.6. The van der Waals surface area contributed by atoms with Crippen LogP contribution in [-0.4, -0.2) is 71.3 Å². The number of nitrogens with one attached hydrogen (secondary N) is 1. The van der Waals surface area contributed by atoms with E-state index in [9.17, 15) is 14.4 Å². The van der Waals surface area contributed by atoms with Gasteiger partial charge in [0.15, 0.2) is 0 Å². The quantitative estimate of drug-likeness (QED) is 0.451. The summed E-state index contributed by atoms with van der Waals surface area (Å²) in [5.74, 6) is -0.864. The molecule has 2 aliphatic heterocycles. The zero-order chi connectivity index (χ0) is 28.6. The third-order valence-corrected chi connectivity index (χ3v) is 9.25. The molecule has 3 aromatic rings. The van der Waals surface area contributed by atoms with Gasteiger partial charge in [-0.15, -0.1) is 11.3 Å². The lowest BCUT2D eigenvalue weighted by atomic mass is 9.87. The Morgan fingerprint density at radius 3 is 2.65 bits per heavy atom. The number of carbonyl (C=O) groups excluding carboxylic acids is 3. The zero-order valence-corrected chi connectivity index (χ0v) is 24.2. The second kappa shape index (κ2) is 11.5. The lowest BCUT2D eigenvalue weighted by Gasteiger charge is -2.38. The van der Waals surface area contributed by atoms with Crippen molar-refractivity contribution < 1.29 is 19.1 Å². The van der Waals surface area contributed by atoms with Crippen molar-refractivity contribution in [3.8, 4) is 5.88 Å². The van der Waals surface area contributed by atoms with Gasteiger partial charge in [-0.2, -0.15) is 0 Å². The Morgan fingerprint density at radius 1 is 1.12 bits per heavy atom. The van der Waals surface area contributed by atoms with Crippen LogP contribution < -0.4 is 15.8 Å². The number of nitrogens with two attached hydrogens (primary N) is 1. The molecule has 2 fully saturated rings. The van der Waals surface area contributed by atoms with Gasteiger partial charge in [-0.1, -0.05) is 19.9 Å². The molecule has 0 radical (unpaired) electrons. The van der Waals surface area contributed by atoms with E-state index < -0.39 is 17.7 Å². The third-order valence-electron chi connectivity index (χ3n) is 8.08. The van der Waals surface area contributed by atoms with E-state index in [0.717, 1.165) is 48.1 Å². The summed E-state index contributed by atoms with van der Waals surface area (Å²) in [6, 6.07) is 7.37. The molecular formula is C29H36N6O4S. The number of nitrogens with zero attached hydrogens (tertiary/aromatic N) is 4. The predicted molar refractivity (Wildman–Crippen MR) is 154 cm³/mol. The number of benzene rings is 1. The molecule has 40 heavy (non-hydrogen) atoms. The number of aromatic nitrogens is 2. The van der Waals surface area contributed by atoms with E-state index in [4.69, 9.17) is 15.5 Å². The first-order chi connectivity index (χ1) is 19.1. The van der Waals surface area contributed by atoms with Crippen LogP contribution in [0.2, 0.25) is 0 Å². The molecule has 2 aromatic heterocycles. The zero-order valence-electron chi connectivity index (χ0n) is 23.3. The van der Waals surface area contributed by atoms with Crippen molar-refractivity contribution in [2.45, 2.75) is 45.1 Å². The van der Waals surface area contributed by atoms with E-state index in [0.29, 0.717) is 18.4 Å². The maximum Gasteiger partial charge on any atom is 0.313 e. The number of piperidine rings is 2. The summed E-state index contributed by atoms with van der Waals surface area (Å²) in [6.07, 6.45) is 4.14. The van der Waals surface area contributed by atoms with Gasteiger partial charge in [-0.3, -0.25) is 14.4 Å². The first kappa shape index (κ1) is 28.0. The summed E-state index contributed by atoms with van der Waals surface area (Å²) < 4.78 is 6.19. The minimum Gasteiger partial charge on any atom is -0.480 e. The topological polar surface area (TPSA) is 131 Å². The van der Waals surface area contributed by atoms with Gasteiger partial charge in [-0.05, 0) is 68.5 Å². The Kier molecular flexibility index (Phi) is 8.04. The number of hydrogen-bond donors (Lipinski definition) is 2. The van der Waals surface area contributed by atoms with Crippen LogP contribution in [0, 0.1) is 11.8 Å². The second-order valence-corrected chi connectivity index (χ2v) is 12.2. The second-order valence-electron chi connectivity index (χ2n) is 11.2. The van der Waals surface area contributed by atoms with Crippen LogP contribution >= 0.6 is 11.3 Å². The third kappa shape index (κ3) is 5.66. The molecular weight excluding hydrogens is 528 g/mol. The minimum atomic E-state index is -0.797. The van der Waals surface area contributed by atoms with Gasteiger partial charge in [0.2, 0.25) is 5.88 Å². The van der Waals surface area contributed by atoms with Crippen LogP contribution in [0.15, 0.2) is 30.5 Å². The van der Waals surface area contributed by atoms with E-state index >= 15 is 0 Å². The molecule has 10 nitrogen and oxygen atoms in total. The highest BCUT2D eigenvalue weighted by atomic mass is 32.1. The number of likely N-dealkylation sites (tertiary alicyclic amines) is 2. The number of thiazole rings is 1. The fourth-order valence-corrected chi connectivity index (χ4v) is 7.16. The van der Waals surface area contributed by atoms with Gasteiger partial charge < -0.3 is 25.6 Å². The van der Waals surface area contributed by atoms with Crippen molar-refractivity contribution in [2.75, 3.05) is 39.1 Å². The molecule has 4 atom stereocenters. The maximum absolute atomic E-state index is 13.5. The summed E-state index contributed by atoms with van der Waals surface area (Å²) in [7, 11) is 3.54. The fraction of sp³-hybridized carbons (Fsp3) is 0.483. The van der Waals surface area contributed by atoms with Gasteiger partial charge >= 0.3 is 11.8 Å². The number of fused-ring (bicyclic) bond motifs is 1. The van der Waals surface area contributed by atoms with Crippen LogP contribution in [-0.2, 0) is 9.59 Å². The van der Waals surface area contributed by atoms with E-state index in [1.807, 2.05) is 0 Å². The molecule has 0 aliphatic carbocycles. The maximum atomic E-state index is 13.5. The first-order valence-electron chi connectivity index (χ1n) is 13.7. The smallest absolute Gasteiger partial charge is 0.313 e. The predicted octanol–water partition coefficient (Wildman–Crippen LogP) is 3.79. The number of anilines is 1. The van der Waals surface area contributed by atoms with Crippen LogP contribution in [0.5, 0.6) is 5.88 Å². The Morgan fingerprint density at radius 2 is 1.93 bits per heavy atom. The molecule has 0 saturated carbocycles. The highest BCUT2D eigenvalue weighted by Gasteiger charge is 2.35. The summed E-state index contributed by atoms with van der Waals surface area (Å²) in [4.78, 5) is 51.4. The fourth-order valence-electron chi connectivity index (χ4n) is 5.95. The van der Waals surface area contributed by atoms with Crippen molar-refractivity contribution in [1.29, 1.82) is 0 Å². The molecule has 4 heterocycles. The molecule has 1 unspecified atom stereocenters. The average molecular weight is 565 g/mol. The van der Waals surface area contributed by atoms with Crippen LogP contribution in [0.4, 0.5) is 5.69 Å². The SMILES string of the molecule is COc1ncc(NC(=O)C(=O)N2C[C@@H](C)CC[C@@H]2c2ccc3sc(C4CCN(C)C[C@@H]4C)nc3c2)cc1C(N)=O. The molecule has 5 rings (SSSR count). The number of rotatable bonds is 5. The van der Waals surface area contributed by atoms with Gasteiger partial charge in [0.05, 0.1) is 40.3 Å². The minimum absolute atomic E-state index is 0.0165. The molecule has 11 heteroatoms. The van der Waals surface area contributed by atoms with Gasteiger partial charge in [0.25, 0.3) is 5.91 Å². The molecule has 0 bridgehead atoms. The van der Waals surface area contributed by atoms with Crippen molar-refractivity contribution in [2.24, 2.45) is 17.6 Å². The Labute approximate surface area is 237 Å². The largest absolute Gasteiger partial charge is 0.480 e. The molecule has 0 spiro atoms. The number of ether oxygens (including phenoxy) is 1. The van der Waals surface area contributed by atoms with Crippen molar-refractivity contribution >= 4 is 45.0 Å². The summed E-state index contributed by atoms with van der Waals surface area (Å²) >= 11 is 1.76. The van der Waals surface area contributed by atoms with Crippen LogP contribution in [0.3, 0.4) is 0 Å². The summed E-state index contributed by atoms with van der Waals surface area (Å²) in [5.41, 5.74) is 7.54. The van der Waals surface area contributed by atoms with Gasteiger partial charge in [0, 0.05) is 19.0 Å². The molecule has 3 amide bonds. The number of pyridine rings is 1. The standard InChI is InChI=1S/C29H36N6O4S/c1-16-5-7-23(18-6-8-24-22(11-18)33-28(40-24)20-9-10-34(3)15-17(20)2)35(14-16)29(38)26(37)32-19-12-21(25(30)36)27(39-4)31-13-19/h6,8,11-13,16-17,20,23H,5,7,9-10,14-15H2,1-4H3,(H2,30,36)(H,32,37)/t16-,17-,20?,23+/m0/s1. The summed E-state index contributed by atoms with van der Waals surface area (Å²) in [6.45, 7) is 7.00. The molecule has 3 N–H and O–H groups in total. The van der Waals surface area contributed by atoms with Gasteiger partial charge in [-0.25, -0.2) is 9.97 Å². The lowest BCUT2D eigenvalue weighted by molar-refractivity contribution is -0.146. The number of hydrogen-bond acceptors (Lipinski definition) is 8. The van der Waals surface area contributed by atoms with Crippen LogP contribution in [0.1, 0.15) is 66.0 Å². The monoisotopic (exact) mass is 564 g/mol. The number of carbonyl (C=O) groups is 3. The highest BCUT2D eigenvalue weighted by Crippen LogP contribution is 2.39. The Hall–Kier alpha value is -3.57. The summed E-state index contributed by atoms with van der Waals surface area (Å²) in [5, 5.41) is 3.76. The van der Waals surface area contributed by atoms with E-state index in [1.54, 1.807) is 16.2 Å². The lowest BCUT2D eigenvalue weighted by Crippen LogP contribution is -2.46. The average Bonchev–Trinajstić information content (AvgIpc) is 3.35. The first-order valence-corrected chi connectivity index (χ1v) is 14.5. The Balaban J connectivity index is 1.37. The van der Waals surface area contributed by atoms with E-state index in [1.165, 1.54) is 24.4 Å². The molecule has 1 aromatic carbocycles. The van der Waals surface area contributed by atoms with Crippen molar-refractivity contribution in [3.05, 3.63) is 46.6 Å². The van der Waals surface area contributed by atoms with Crippen molar-refractivity contribution in [1.82, 2.24) is 19.8 Å². The van der Waals surface area contributed by atoms with E-state index in [2.05, 4.69) is 54.3 Å². The number of primary amides is 1. The molecule has 212 valence electrons.